The van der Waals surface area contributed by atoms with Crippen LogP contribution in [0.5, 0.6) is 0 Å². The van der Waals surface area contributed by atoms with Crippen LogP contribution in [-0.2, 0) is 36.8 Å². The molecule has 0 unspecified atom stereocenters. The minimum atomic E-state index is -1.27. The summed E-state index contributed by atoms with van der Waals surface area (Å²) in [6.45, 7) is 8.99. The smallest absolute Gasteiger partial charge is 0.274 e. The molecule has 4 atom stereocenters. The molecule has 0 spiro atoms. The van der Waals surface area contributed by atoms with Crippen LogP contribution in [0.1, 0.15) is 55.4 Å². The molecule has 236 valence electrons. The molecule has 1 aromatic carbocycles. The normalized spacial score (nSPS) is 20.2. The van der Waals surface area contributed by atoms with E-state index in [2.05, 4.69) is 26.0 Å². The second-order valence-electron chi connectivity index (χ2n) is 11.8. The largest absolute Gasteiger partial charge is 0.379 e. The zero-order valence-electron chi connectivity index (χ0n) is 25.3. The summed E-state index contributed by atoms with van der Waals surface area (Å²) >= 11 is 0. The number of aromatic nitrogens is 1. The van der Waals surface area contributed by atoms with Gasteiger partial charge in [-0.25, -0.2) is 0 Å². The predicted octanol–water partition coefficient (Wildman–Crippen LogP) is 1.14. The molecule has 3 heterocycles. The summed E-state index contributed by atoms with van der Waals surface area (Å²) in [6.07, 6.45) is 0.171. The SMILES string of the molecule is CC(C)C[C@H](NC(=O)[C@H](Cc1ccccc1)NC(=O)[C@H](CC#N)NC(=O)c1cc(CN2CCOCC2)on1)C(=O)[C@@]1(C)CO1. The minimum absolute atomic E-state index is 0.0339. The Labute approximate surface area is 256 Å². The standard InChI is InChI=1S/C31H40N6O7/c1-20(2)15-24(27(38)31(3)19-43-31)34-29(40)25(16-21-7-5-4-6-8-21)35-28(39)23(9-10-32)33-30(41)26-17-22(44-36-26)18-37-11-13-42-14-12-37/h4-8,17,20,23-25H,9,11-16,18-19H2,1-3H3,(H,33,41)(H,34,40)(H,35,39)/t23-,24-,25-,31+/m0/s1. The monoisotopic (exact) mass is 608 g/mol. The fraction of sp³-hybridized carbons (Fsp3) is 0.548. The molecule has 2 aliphatic heterocycles. The lowest BCUT2D eigenvalue weighted by Gasteiger charge is -2.26. The number of carbonyl (C=O) groups is 4. The summed E-state index contributed by atoms with van der Waals surface area (Å²) < 4.78 is 16.0. The number of epoxide rings is 1. The Morgan fingerprint density at radius 3 is 2.32 bits per heavy atom. The molecule has 3 N–H and O–H groups in total. The van der Waals surface area contributed by atoms with Crippen LogP contribution in [-0.4, -0.2) is 90.2 Å². The predicted molar refractivity (Wildman–Crippen MR) is 157 cm³/mol. The highest BCUT2D eigenvalue weighted by atomic mass is 16.6. The Bertz CT molecular complexity index is 1340. The van der Waals surface area contributed by atoms with Gasteiger partial charge in [0.25, 0.3) is 5.91 Å². The van der Waals surface area contributed by atoms with Gasteiger partial charge in [-0.1, -0.05) is 49.3 Å². The number of nitriles is 1. The van der Waals surface area contributed by atoms with Crippen LogP contribution in [0, 0.1) is 17.2 Å². The molecule has 13 heteroatoms. The molecule has 44 heavy (non-hydrogen) atoms. The van der Waals surface area contributed by atoms with Gasteiger partial charge in [0.05, 0.1) is 44.9 Å². The zero-order chi connectivity index (χ0) is 31.7. The molecule has 3 amide bonds. The molecule has 2 saturated heterocycles. The van der Waals surface area contributed by atoms with Gasteiger partial charge < -0.3 is 29.9 Å². The maximum atomic E-state index is 13.6. The molecule has 0 aliphatic carbocycles. The van der Waals surface area contributed by atoms with E-state index in [-0.39, 0.29) is 36.8 Å². The van der Waals surface area contributed by atoms with Gasteiger partial charge in [-0.15, -0.1) is 0 Å². The Balaban J connectivity index is 1.45. The Hall–Kier alpha value is -4.12. The third kappa shape index (κ3) is 9.19. The molecular formula is C31H40N6O7. The van der Waals surface area contributed by atoms with Crippen molar-refractivity contribution in [3.8, 4) is 6.07 Å². The first-order valence-electron chi connectivity index (χ1n) is 14.8. The van der Waals surface area contributed by atoms with E-state index in [0.29, 0.717) is 31.9 Å². The van der Waals surface area contributed by atoms with E-state index in [0.717, 1.165) is 18.7 Å². The first-order valence-corrected chi connectivity index (χ1v) is 14.8. The molecule has 4 rings (SSSR count). The van der Waals surface area contributed by atoms with Crippen molar-refractivity contribution >= 4 is 23.5 Å². The second-order valence-corrected chi connectivity index (χ2v) is 11.8. The molecule has 0 bridgehead atoms. The Kier molecular flexibility index (Phi) is 11.2. The van der Waals surface area contributed by atoms with Crippen LogP contribution in [0.25, 0.3) is 0 Å². The Morgan fingerprint density at radius 1 is 1.02 bits per heavy atom. The molecule has 0 radical (unpaired) electrons. The topological polar surface area (TPSA) is 179 Å². The summed E-state index contributed by atoms with van der Waals surface area (Å²) in [5, 5.41) is 21.3. The number of ketones is 1. The molecule has 0 saturated carbocycles. The van der Waals surface area contributed by atoms with E-state index in [9.17, 15) is 24.4 Å². The minimum Gasteiger partial charge on any atom is -0.379 e. The van der Waals surface area contributed by atoms with Crippen LogP contribution >= 0.6 is 0 Å². The summed E-state index contributed by atoms with van der Waals surface area (Å²) in [6, 6.07) is 9.32. The van der Waals surface area contributed by atoms with E-state index in [4.69, 9.17) is 14.0 Å². The van der Waals surface area contributed by atoms with E-state index < -0.39 is 41.4 Å². The van der Waals surface area contributed by atoms with Crippen molar-refractivity contribution in [1.82, 2.24) is 26.0 Å². The Morgan fingerprint density at radius 2 is 1.68 bits per heavy atom. The number of hydrogen-bond donors (Lipinski definition) is 3. The van der Waals surface area contributed by atoms with Gasteiger partial charge in [0.15, 0.2) is 17.2 Å². The number of hydrogen-bond acceptors (Lipinski definition) is 10. The quantitative estimate of drug-likeness (QED) is 0.248. The number of benzene rings is 1. The van der Waals surface area contributed by atoms with Crippen LogP contribution in [0.2, 0.25) is 0 Å². The molecular weight excluding hydrogens is 568 g/mol. The van der Waals surface area contributed by atoms with Gasteiger partial charge in [0.1, 0.15) is 17.7 Å². The molecule has 2 aromatic rings. The van der Waals surface area contributed by atoms with Gasteiger partial charge >= 0.3 is 0 Å². The number of carbonyl (C=O) groups excluding carboxylic acids is 4. The number of ether oxygens (including phenoxy) is 2. The van der Waals surface area contributed by atoms with Crippen molar-refractivity contribution in [1.29, 1.82) is 5.26 Å². The zero-order valence-corrected chi connectivity index (χ0v) is 25.3. The highest BCUT2D eigenvalue weighted by Gasteiger charge is 2.50. The van der Waals surface area contributed by atoms with Crippen molar-refractivity contribution < 1.29 is 33.2 Å². The number of nitrogens with zero attached hydrogens (tertiary/aromatic N) is 3. The van der Waals surface area contributed by atoms with E-state index >= 15 is 0 Å². The van der Waals surface area contributed by atoms with Crippen molar-refractivity contribution in [2.24, 2.45) is 5.92 Å². The number of nitrogens with one attached hydrogen (secondary N) is 3. The fourth-order valence-corrected chi connectivity index (χ4v) is 4.93. The number of Topliss-reactive ketones (excluding diaryl/α,β-unsaturated/α-hetero) is 1. The second kappa shape index (κ2) is 15.1. The molecule has 13 nitrogen and oxygen atoms in total. The third-order valence-electron chi connectivity index (χ3n) is 7.55. The van der Waals surface area contributed by atoms with Crippen LogP contribution in [0.15, 0.2) is 40.9 Å². The highest BCUT2D eigenvalue weighted by molar-refractivity contribution is 5.99. The molecule has 2 aliphatic rings. The van der Waals surface area contributed by atoms with Gasteiger partial charge in [0.2, 0.25) is 11.8 Å². The highest BCUT2D eigenvalue weighted by Crippen LogP contribution is 2.29. The lowest BCUT2D eigenvalue weighted by atomic mass is 9.93. The average Bonchev–Trinajstić information content (AvgIpc) is 3.59. The van der Waals surface area contributed by atoms with Gasteiger partial charge in [-0.2, -0.15) is 5.26 Å². The molecule has 2 fully saturated rings. The summed E-state index contributed by atoms with van der Waals surface area (Å²) in [7, 11) is 0. The maximum absolute atomic E-state index is 13.6. The summed E-state index contributed by atoms with van der Waals surface area (Å²) in [4.78, 5) is 55.3. The number of rotatable bonds is 15. The van der Waals surface area contributed by atoms with E-state index in [1.165, 1.54) is 6.07 Å². The first kappa shape index (κ1) is 32.8. The first-order chi connectivity index (χ1) is 21.1. The van der Waals surface area contributed by atoms with Gasteiger partial charge in [-0.3, -0.25) is 24.1 Å². The number of morpholine rings is 1. The van der Waals surface area contributed by atoms with Crippen molar-refractivity contribution in [3.05, 3.63) is 53.4 Å². The maximum Gasteiger partial charge on any atom is 0.274 e. The van der Waals surface area contributed by atoms with Crippen LogP contribution in [0.4, 0.5) is 0 Å². The fourth-order valence-electron chi connectivity index (χ4n) is 4.93. The summed E-state index contributed by atoms with van der Waals surface area (Å²) in [5.74, 6) is -1.61. The van der Waals surface area contributed by atoms with Crippen LogP contribution < -0.4 is 16.0 Å². The van der Waals surface area contributed by atoms with Crippen molar-refractivity contribution in [2.45, 2.75) is 70.3 Å². The van der Waals surface area contributed by atoms with E-state index in [1.807, 2.05) is 50.2 Å². The van der Waals surface area contributed by atoms with Crippen LogP contribution in [0.3, 0.4) is 0 Å². The van der Waals surface area contributed by atoms with Gasteiger partial charge in [-0.05, 0) is 24.8 Å². The number of amides is 3. The van der Waals surface area contributed by atoms with E-state index in [1.54, 1.807) is 6.92 Å². The van der Waals surface area contributed by atoms with Crippen molar-refractivity contribution in [2.75, 3.05) is 32.9 Å². The molecule has 1 aromatic heterocycles. The average molecular weight is 609 g/mol. The lowest BCUT2D eigenvalue weighted by molar-refractivity contribution is -0.133. The van der Waals surface area contributed by atoms with Gasteiger partial charge in [0, 0.05) is 25.6 Å². The summed E-state index contributed by atoms with van der Waals surface area (Å²) in [5.41, 5.74) is -0.196. The lowest BCUT2D eigenvalue weighted by Crippen LogP contribution is -2.57. The van der Waals surface area contributed by atoms with Crippen molar-refractivity contribution in [3.63, 3.8) is 0 Å². The third-order valence-corrected chi connectivity index (χ3v) is 7.55.